The summed E-state index contributed by atoms with van der Waals surface area (Å²) in [6, 6.07) is 1.05. The van der Waals surface area contributed by atoms with Gasteiger partial charge in [0.1, 0.15) is 5.15 Å². The first-order chi connectivity index (χ1) is 7.00. The number of aliphatic carboxylic acids is 1. The van der Waals surface area contributed by atoms with Gasteiger partial charge in [-0.3, -0.25) is 4.79 Å². The number of rotatable bonds is 4. The summed E-state index contributed by atoms with van der Waals surface area (Å²) in [5.41, 5.74) is 6.38. The van der Waals surface area contributed by atoms with Gasteiger partial charge in [-0.1, -0.05) is 23.2 Å². The maximum absolute atomic E-state index is 10.3. The van der Waals surface area contributed by atoms with E-state index in [-0.39, 0.29) is 11.6 Å². The summed E-state index contributed by atoms with van der Waals surface area (Å²) < 4.78 is 0. The lowest BCUT2D eigenvalue weighted by Crippen LogP contribution is -2.13. The van der Waals surface area contributed by atoms with Crippen LogP contribution in [0.1, 0.15) is 24.4 Å². The molecule has 0 aliphatic heterocycles. The van der Waals surface area contributed by atoms with E-state index in [9.17, 15) is 4.79 Å². The molecular formula is C9H10Cl2N2O2. The summed E-state index contributed by atoms with van der Waals surface area (Å²) >= 11 is 11.5. The average Bonchev–Trinajstić information content (AvgIpc) is 2.14. The molecule has 1 atom stereocenters. The predicted octanol–water partition coefficient (Wildman–Crippen LogP) is 2.25. The fourth-order valence-corrected chi connectivity index (χ4v) is 1.63. The molecule has 1 rings (SSSR count). The van der Waals surface area contributed by atoms with Crippen molar-refractivity contribution in [2.24, 2.45) is 5.73 Å². The molecule has 0 saturated heterocycles. The maximum Gasteiger partial charge on any atom is 0.303 e. The van der Waals surface area contributed by atoms with Crippen molar-refractivity contribution in [1.29, 1.82) is 0 Å². The van der Waals surface area contributed by atoms with Crippen molar-refractivity contribution in [3.63, 3.8) is 0 Å². The Hall–Kier alpha value is -0.840. The molecule has 1 aromatic heterocycles. The van der Waals surface area contributed by atoms with Gasteiger partial charge in [-0.2, -0.15) is 0 Å². The van der Waals surface area contributed by atoms with Gasteiger partial charge >= 0.3 is 5.97 Å². The van der Waals surface area contributed by atoms with Gasteiger partial charge in [0.15, 0.2) is 0 Å². The molecule has 0 saturated carbocycles. The zero-order valence-corrected chi connectivity index (χ0v) is 9.29. The van der Waals surface area contributed by atoms with Crippen LogP contribution in [0.3, 0.4) is 0 Å². The number of aromatic nitrogens is 1. The molecule has 6 heteroatoms. The minimum atomic E-state index is -0.886. The Bertz CT molecular complexity index is 371. The summed E-state index contributed by atoms with van der Waals surface area (Å²) in [5, 5.41) is 9.19. The molecule has 0 fully saturated rings. The molecule has 0 aromatic carbocycles. The SMILES string of the molecule is NC(CCC(=O)O)c1cnc(Cl)cc1Cl. The number of carboxylic acids is 1. The summed E-state index contributed by atoms with van der Waals surface area (Å²) in [6.07, 6.45) is 1.79. The van der Waals surface area contributed by atoms with Crippen LogP contribution in [0, 0.1) is 0 Å². The molecule has 0 radical (unpaired) electrons. The Morgan fingerprint density at radius 1 is 1.60 bits per heavy atom. The molecule has 0 aliphatic carbocycles. The highest BCUT2D eigenvalue weighted by Crippen LogP contribution is 2.25. The second-order valence-corrected chi connectivity index (χ2v) is 3.86. The van der Waals surface area contributed by atoms with Gasteiger partial charge in [-0.05, 0) is 12.5 Å². The van der Waals surface area contributed by atoms with Crippen molar-refractivity contribution in [3.8, 4) is 0 Å². The van der Waals surface area contributed by atoms with Gasteiger partial charge in [0, 0.05) is 29.2 Å². The quantitative estimate of drug-likeness (QED) is 0.802. The topological polar surface area (TPSA) is 76.2 Å². The Morgan fingerprint density at radius 3 is 2.80 bits per heavy atom. The summed E-state index contributed by atoms with van der Waals surface area (Å²) in [5.74, 6) is -0.886. The van der Waals surface area contributed by atoms with E-state index in [1.165, 1.54) is 12.3 Å². The first kappa shape index (κ1) is 12.2. The number of hydrogen-bond acceptors (Lipinski definition) is 3. The van der Waals surface area contributed by atoms with E-state index in [2.05, 4.69) is 4.98 Å². The van der Waals surface area contributed by atoms with Crippen LogP contribution in [0.15, 0.2) is 12.3 Å². The standard InChI is InChI=1S/C9H10Cl2N2O2/c10-6-3-8(11)13-4-5(6)7(12)1-2-9(14)15/h3-4,7H,1-2,12H2,(H,14,15). The van der Waals surface area contributed by atoms with Crippen molar-refractivity contribution in [3.05, 3.63) is 28.0 Å². The van der Waals surface area contributed by atoms with Gasteiger partial charge in [-0.25, -0.2) is 4.98 Å². The third kappa shape index (κ3) is 3.66. The van der Waals surface area contributed by atoms with E-state index in [1.807, 2.05) is 0 Å². The highest BCUT2D eigenvalue weighted by atomic mass is 35.5. The molecule has 82 valence electrons. The van der Waals surface area contributed by atoms with Crippen molar-refractivity contribution in [2.45, 2.75) is 18.9 Å². The summed E-state index contributed by atoms with van der Waals surface area (Å²) in [7, 11) is 0. The van der Waals surface area contributed by atoms with Crippen molar-refractivity contribution >= 4 is 29.2 Å². The molecule has 3 N–H and O–H groups in total. The van der Waals surface area contributed by atoms with Crippen molar-refractivity contribution in [2.75, 3.05) is 0 Å². The van der Waals surface area contributed by atoms with Crippen LogP contribution in [-0.2, 0) is 4.79 Å². The lowest BCUT2D eigenvalue weighted by molar-refractivity contribution is -0.137. The molecule has 1 aromatic rings. The molecule has 1 heterocycles. The first-order valence-corrected chi connectivity index (χ1v) is 5.04. The van der Waals surface area contributed by atoms with Gasteiger partial charge in [0.05, 0.1) is 0 Å². The van der Waals surface area contributed by atoms with Gasteiger partial charge in [-0.15, -0.1) is 0 Å². The Morgan fingerprint density at radius 2 is 2.27 bits per heavy atom. The molecule has 0 amide bonds. The number of nitrogens with two attached hydrogens (primary N) is 1. The van der Waals surface area contributed by atoms with Gasteiger partial charge < -0.3 is 10.8 Å². The Kier molecular flexibility index (Phi) is 4.32. The van der Waals surface area contributed by atoms with Crippen LogP contribution < -0.4 is 5.73 Å². The zero-order valence-electron chi connectivity index (χ0n) is 7.78. The van der Waals surface area contributed by atoms with Crippen LogP contribution in [0.5, 0.6) is 0 Å². The van der Waals surface area contributed by atoms with Crippen LogP contribution in [0.25, 0.3) is 0 Å². The number of carboxylic acid groups (broad SMARTS) is 1. The summed E-state index contributed by atoms with van der Waals surface area (Å²) in [6.45, 7) is 0. The van der Waals surface area contributed by atoms with E-state index in [1.54, 1.807) is 0 Å². The number of hydrogen-bond donors (Lipinski definition) is 2. The van der Waals surface area contributed by atoms with Crippen molar-refractivity contribution < 1.29 is 9.90 Å². The van der Waals surface area contributed by atoms with Gasteiger partial charge in [0.2, 0.25) is 0 Å². The second-order valence-electron chi connectivity index (χ2n) is 3.07. The predicted molar refractivity (Wildman–Crippen MR) is 58.1 cm³/mol. The minimum absolute atomic E-state index is 0.000121. The monoisotopic (exact) mass is 248 g/mol. The molecule has 4 nitrogen and oxygen atoms in total. The Labute approximate surface area is 97.0 Å². The lowest BCUT2D eigenvalue weighted by Gasteiger charge is -2.11. The molecule has 15 heavy (non-hydrogen) atoms. The highest BCUT2D eigenvalue weighted by molar-refractivity contribution is 6.34. The number of pyridine rings is 1. The molecular weight excluding hydrogens is 239 g/mol. The number of nitrogens with zero attached hydrogens (tertiary/aromatic N) is 1. The van der Waals surface area contributed by atoms with E-state index < -0.39 is 12.0 Å². The van der Waals surface area contributed by atoms with E-state index >= 15 is 0 Å². The smallest absolute Gasteiger partial charge is 0.303 e. The molecule has 0 bridgehead atoms. The van der Waals surface area contributed by atoms with E-state index in [4.69, 9.17) is 34.0 Å². The third-order valence-corrected chi connectivity index (χ3v) is 2.45. The lowest BCUT2D eigenvalue weighted by atomic mass is 10.1. The van der Waals surface area contributed by atoms with Crippen molar-refractivity contribution in [1.82, 2.24) is 4.98 Å². The fraction of sp³-hybridized carbons (Fsp3) is 0.333. The minimum Gasteiger partial charge on any atom is -0.481 e. The van der Waals surface area contributed by atoms with Gasteiger partial charge in [0.25, 0.3) is 0 Å². The number of halogens is 2. The Balaban J connectivity index is 2.73. The number of carbonyl (C=O) groups is 1. The molecule has 0 spiro atoms. The van der Waals surface area contributed by atoms with E-state index in [0.29, 0.717) is 17.0 Å². The van der Waals surface area contributed by atoms with E-state index in [0.717, 1.165) is 0 Å². The molecule has 0 aliphatic rings. The maximum atomic E-state index is 10.3. The van der Waals surface area contributed by atoms with Crippen LogP contribution in [0.4, 0.5) is 0 Å². The molecule has 1 unspecified atom stereocenters. The highest BCUT2D eigenvalue weighted by Gasteiger charge is 2.12. The fourth-order valence-electron chi connectivity index (χ4n) is 1.13. The van der Waals surface area contributed by atoms with Crippen LogP contribution in [0.2, 0.25) is 10.2 Å². The first-order valence-electron chi connectivity index (χ1n) is 4.29. The zero-order chi connectivity index (χ0) is 11.4. The second kappa shape index (κ2) is 5.30. The van der Waals surface area contributed by atoms with Crippen LogP contribution >= 0.6 is 23.2 Å². The normalized spacial score (nSPS) is 12.5. The largest absolute Gasteiger partial charge is 0.481 e. The average molecular weight is 249 g/mol. The third-order valence-electron chi connectivity index (χ3n) is 1.92. The summed E-state index contributed by atoms with van der Waals surface area (Å²) in [4.78, 5) is 14.2. The van der Waals surface area contributed by atoms with Crippen LogP contribution in [-0.4, -0.2) is 16.1 Å².